The third-order valence-corrected chi connectivity index (χ3v) is 6.61. The van der Waals surface area contributed by atoms with E-state index in [0.717, 1.165) is 0 Å². The van der Waals surface area contributed by atoms with Crippen LogP contribution in [-0.4, -0.2) is 69.3 Å². The van der Waals surface area contributed by atoms with Crippen LogP contribution < -0.4 is 0 Å². The Hall–Kier alpha value is -2.34. The number of piperazine rings is 1. The minimum atomic E-state index is -3.66. The van der Waals surface area contributed by atoms with Crippen molar-refractivity contribution in [2.45, 2.75) is 31.2 Å². The zero-order valence-corrected chi connectivity index (χ0v) is 16.6. The standard InChI is InChI=1S/C16H22F2N6O3S/c1-11-8-14(15(17)18)20-24(11)12(2)16(25)22-4-6-23(7-5-22)28(26,27)13-9-19-21(3)10-13/h8-10,12,15H,4-7H2,1-3H3. The summed E-state index contributed by atoms with van der Waals surface area (Å²) in [5, 5.41) is 7.71. The molecule has 1 aliphatic heterocycles. The highest BCUT2D eigenvalue weighted by Gasteiger charge is 2.33. The van der Waals surface area contributed by atoms with Crippen molar-refractivity contribution in [3.63, 3.8) is 0 Å². The second kappa shape index (κ2) is 7.59. The van der Waals surface area contributed by atoms with Crippen LogP contribution in [0.2, 0.25) is 0 Å². The maximum Gasteiger partial charge on any atom is 0.282 e. The van der Waals surface area contributed by atoms with Gasteiger partial charge in [0.1, 0.15) is 16.6 Å². The topological polar surface area (TPSA) is 93.3 Å². The number of alkyl halides is 2. The molecule has 0 radical (unpaired) electrons. The SMILES string of the molecule is Cc1cc(C(F)F)nn1C(C)C(=O)N1CCN(S(=O)(=O)c2cnn(C)c2)CC1. The van der Waals surface area contributed by atoms with E-state index < -0.39 is 22.5 Å². The fraction of sp³-hybridized carbons (Fsp3) is 0.562. The number of aryl methyl sites for hydroxylation is 2. The van der Waals surface area contributed by atoms with Crippen LogP contribution >= 0.6 is 0 Å². The summed E-state index contributed by atoms with van der Waals surface area (Å²) < 4.78 is 54.9. The van der Waals surface area contributed by atoms with E-state index >= 15 is 0 Å². The predicted octanol–water partition coefficient (Wildman–Crippen LogP) is 0.957. The number of carbonyl (C=O) groups is 1. The van der Waals surface area contributed by atoms with Crippen LogP contribution in [0.4, 0.5) is 8.78 Å². The van der Waals surface area contributed by atoms with Crippen molar-refractivity contribution in [2.24, 2.45) is 7.05 Å². The minimum Gasteiger partial charge on any atom is -0.338 e. The third kappa shape index (κ3) is 3.78. The summed E-state index contributed by atoms with van der Waals surface area (Å²) in [7, 11) is -2.03. The minimum absolute atomic E-state index is 0.106. The van der Waals surface area contributed by atoms with Gasteiger partial charge in [-0.3, -0.25) is 14.2 Å². The van der Waals surface area contributed by atoms with Crippen LogP contribution in [-0.2, 0) is 21.9 Å². The van der Waals surface area contributed by atoms with E-state index in [1.807, 2.05) is 0 Å². The van der Waals surface area contributed by atoms with Gasteiger partial charge in [-0.1, -0.05) is 0 Å². The van der Waals surface area contributed by atoms with Gasteiger partial charge in [0, 0.05) is 45.1 Å². The van der Waals surface area contributed by atoms with Gasteiger partial charge in [-0.05, 0) is 19.9 Å². The molecule has 1 atom stereocenters. The van der Waals surface area contributed by atoms with Crippen molar-refractivity contribution in [2.75, 3.05) is 26.2 Å². The lowest BCUT2D eigenvalue weighted by Gasteiger charge is -2.35. The number of nitrogens with zero attached hydrogens (tertiary/aromatic N) is 6. The maximum atomic E-state index is 12.8. The van der Waals surface area contributed by atoms with Gasteiger partial charge in [-0.2, -0.15) is 14.5 Å². The number of halogens is 2. The molecular formula is C16H22F2N6O3S. The van der Waals surface area contributed by atoms with Crippen molar-refractivity contribution in [1.29, 1.82) is 0 Å². The van der Waals surface area contributed by atoms with Gasteiger partial charge >= 0.3 is 0 Å². The van der Waals surface area contributed by atoms with Crippen molar-refractivity contribution in [3.8, 4) is 0 Å². The summed E-state index contributed by atoms with van der Waals surface area (Å²) >= 11 is 0. The Bertz CT molecular complexity index is 963. The summed E-state index contributed by atoms with van der Waals surface area (Å²) in [5.41, 5.74) is 0.0958. The number of amides is 1. The number of hydrogen-bond donors (Lipinski definition) is 0. The fourth-order valence-electron chi connectivity index (χ4n) is 3.21. The normalized spacial score (nSPS) is 17.3. The molecule has 1 saturated heterocycles. The lowest BCUT2D eigenvalue weighted by Crippen LogP contribution is -2.51. The fourth-order valence-corrected chi connectivity index (χ4v) is 4.62. The molecule has 9 nitrogen and oxygen atoms in total. The van der Waals surface area contributed by atoms with Gasteiger partial charge in [0.15, 0.2) is 0 Å². The second-order valence-corrected chi connectivity index (χ2v) is 8.65. The first-order chi connectivity index (χ1) is 13.1. The Labute approximate surface area is 161 Å². The molecule has 12 heteroatoms. The van der Waals surface area contributed by atoms with Gasteiger partial charge in [-0.15, -0.1) is 0 Å². The van der Waals surface area contributed by atoms with Gasteiger partial charge in [0.2, 0.25) is 15.9 Å². The highest BCUT2D eigenvalue weighted by Crippen LogP contribution is 2.22. The molecule has 1 aliphatic rings. The summed E-state index contributed by atoms with van der Waals surface area (Å²) in [6, 6.07) is 0.501. The lowest BCUT2D eigenvalue weighted by atomic mass is 10.2. The number of carbonyl (C=O) groups excluding carboxylic acids is 1. The van der Waals surface area contributed by atoms with Gasteiger partial charge in [0.25, 0.3) is 6.43 Å². The number of hydrogen-bond acceptors (Lipinski definition) is 5. The highest BCUT2D eigenvalue weighted by atomic mass is 32.2. The van der Waals surface area contributed by atoms with E-state index in [0.29, 0.717) is 5.69 Å². The van der Waals surface area contributed by atoms with E-state index in [4.69, 9.17) is 0 Å². The first-order valence-corrected chi connectivity index (χ1v) is 10.2. The largest absolute Gasteiger partial charge is 0.338 e. The predicted molar refractivity (Wildman–Crippen MR) is 95.2 cm³/mol. The molecule has 0 N–H and O–H groups in total. The summed E-state index contributed by atoms with van der Waals surface area (Å²) in [6.45, 7) is 3.93. The Kier molecular flexibility index (Phi) is 5.53. The van der Waals surface area contributed by atoms with Crippen LogP contribution in [0.15, 0.2) is 23.4 Å². The van der Waals surface area contributed by atoms with Crippen molar-refractivity contribution in [3.05, 3.63) is 29.8 Å². The van der Waals surface area contributed by atoms with Crippen molar-refractivity contribution >= 4 is 15.9 Å². The molecule has 3 rings (SSSR count). The Balaban J connectivity index is 1.67. The zero-order chi connectivity index (χ0) is 20.6. The second-order valence-electron chi connectivity index (χ2n) is 6.71. The van der Waals surface area contributed by atoms with Gasteiger partial charge in [-0.25, -0.2) is 17.2 Å². The lowest BCUT2D eigenvalue weighted by molar-refractivity contribution is -0.135. The summed E-state index contributed by atoms with van der Waals surface area (Å²) in [4.78, 5) is 14.4. The van der Waals surface area contributed by atoms with E-state index in [1.165, 1.54) is 37.0 Å². The van der Waals surface area contributed by atoms with Gasteiger partial charge < -0.3 is 4.90 Å². The van der Waals surface area contributed by atoms with E-state index in [9.17, 15) is 22.0 Å². The molecule has 1 unspecified atom stereocenters. The summed E-state index contributed by atoms with van der Waals surface area (Å²) in [5.74, 6) is -0.287. The average molecular weight is 416 g/mol. The monoisotopic (exact) mass is 416 g/mol. The summed E-state index contributed by atoms with van der Waals surface area (Å²) in [6.07, 6.45) is 0.00921. The number of aromatic nitrogens is 4. The molecule has 2 aromatic heterocycles. The maximum absolute atomic E-state index is 12.8. The molecule has 2 aromatic rings. The first-order valence-electron chi connectivity index (χ1n) is 8.73. The van der Waals surface area contributed by atoms with Gasteiger partial charge in [0.05, 0.1) is 6.20 Å². The molecule has 0 saturated carbocycles. The molecule has 3 heterocycles. The highest BCUT2D eigenvalue weighted by molar-refractivity contribution is 7.89. The molecule has 0 bridgehead atoms. The Morgan fingerprint density at radius 1 is 1.21 bits per heavy atom. The van der Waals surface area contributed by atoms with Crippen LogP contribution in [0.3, 0.4) is 0 Å². The van der Waals surface area contributed by atoms with Crippen LogP contribution in [0.5, 0.6) is 0 Å². The smallest absolute Gasteiger partial charge is 0.282 e. The van der Waals surface area contributed by atoms with Crippen LogP contribution in [0.1, 0.15) is 30.8 Å². The average Bonchev–Trinajstić information content (AvgIpc) is 3.27. The van der Waals surface area contributed by atoms with E-state index in [1.54, 1.807) is 20.9 Å². The quantitative estimate of drug-likeness (QED) is 0.724. The third-order valence-electron chi connectivity index (χ3n) is 4.76. The molecule has 1 amide bonds. The van der Waals surface area contributed by atoms with Crippen LogP contribution in [0.25, 0.3) is 0 Å². The first kappa shape index (κ1) is 20.4. The molecule has 0 spiro atoms. The Morgan fingerprint density at radius 2 is 1.86 bits per heavy atom. The molecule has 154 valence electrons. The van der Waals surface area contributed by atoms with E-state index in [-0.39, 0.29) is 42.7 Å². The van der Waals surface area contributed by atoms with E-state index in [2.05, 4.69) is 10.2 Å². The molecule has 0 aromatic carbocycles. The Morgan fingerprint density at radius 3 is 2.36 bits per heavy atom. The zero-order valence-electron chi connectivity index (χ0n) is 15.8. The molecule has 0 aliphatic carbocycles. The number of rotatable bonds is 5. The molecule has 28 heavy (non-hydrogen) atoms. The molecular weight excluding hydrogens is 394 g/mol. The molecule has 1 fully saturated rings. The van der Waals surface area contributed by atoms with Crippen molar-refractivity contribution < 1.29 is 22.0 Å². The number of sulfonamides is 1. The van der Waals surface area contributed by atoms with Crippen LogP contribution in [0, 0.1) is 6.92 Å². The van der Waals surface area contributed by atoms with Crippen molar-refractivity contribution in [1.82, 2.24) is 28.8 Å².